The van der Waals surface area contributed by atoms with Crippen LogP contribution in [0.15, 0.2) is 65.8 Å². The number of carbonyl (C=O) groups is 1. The van der Waals surface area contributed by atoms with E-state index in [9.17, 15) is 4.79 Å². The van der Waals surface area contributed by atoms with E-state index in [1.54, 1.807) is 0 Å². The Balaban J connectivity index is 1.43. The van der Waals surface area contributed by atoms with Gasteiger partial charge in [-0.2, -0.15) is 5.10 Å². The summed E-state index contributed by atoms with van der Waals surface area (Å²) in [4.78, 5) is 13.2. The molecular formula is C24H26N2O. The van der Waals surface area contributed by atoms with Crippen molar-refractivity contribution in [1.82, 2.24) is 5.43 Å². The van der Waals surface area contributed by atoms with Crippen LogP contribution in [0.4, 0.5) is 0 Å². The second-order valence-corrected chi connectivity index (χ2v) is 8.83. The molecule has 4 aliphatic rings. The molecule has 0 aromatic heterocycles. The van der Waals surface area contributed by atoms with Crippen LogP contribution in [0, 0.1) is 23.2 Å². The number of amides is 1. The highest BCUT2D eigenvalue weighted by Crippen LogP contribution is 2.60. The van der Waals surface area contributed by atoms with Crippen LogP contribution in [0.3, 0.4) is 0 Å². The van der Waals surface area contributed by atoms with Gasteiger partial charge in [0.2, 0.25) is 5.91 Å². The number of nitrogens with one attached hydrogen (secondary N) is 1. The van der Waals surface area contributed by atoms with Crippen molar-refractivity contribution in [3.63, 3.8) is 0 Å². The van der Waals surface area contributed by atoms with Crippen molar-refractivity contribution in [3.05, 3.63) is 71.8 Å². The van der Waals surface area contributed by atoms with Crippen LogP contribution in [0.25, 0.3) is 0 Å². The Labute approximate surface area is 160 Å². The van der Waals surface area contributed by atoms with E-state index >= 15 is 0 Å². The van der Waals surface area contributed by atoms with E-state index in [2.05, 4.69) is 10.5 Å². The SMILES string of the molecule is O=C(NN=C(c1ccccc1)c1ccccc1)C12CC3CC(CC(C3)C1)C2. The summed E-state index contributed by atoms with van der Waals surface area (Å²) in [5.41, 5.74) is 5.69. The zero-order valence-electron chi connectivity index (χ0n) is 15.6. The maximum Gasteiger partial charge on any atom is 0.246 e. The standard InChI is InChI=1S/C24H26N2O/c27-23(24-14-17-11-18(15-24)13-19(12-17)16-24)26-25-22(20-7-3-1-4-8-20)21-9-5-2-6-10-21/h1-10,17-19H,11-16H2,(H,26,27). The lowest BCUT2D eigenvalue weighted by Gasteiger charge is -2.55. The first-order valence-corrected chi connectivity index (χ1v) is 10.2. The average molecular weight is 358 g/mol. The van der Waals surface area contributed by atoms with Crippen LogP contribution < -0.4 is 5.43 Å². The number of benzene rings is 2. The molecule has 3 nitrogen and oxygen atoms in total. The molecule has 0 unspecified atom stereocenters. The van der Waals surface area contributed by atoms with Gasteiger partial charge in [-0.05, 0) is 56.3 Å². The molecule has 1 amide bonds. The van der Waals surface area contributed by atoms with Crippen molar-refractivity contribution in [3.8, 4) is 0 Å². The lowest BCUT2D eigenvalue weighted by atomic mass is 9.49. The predicted molar refractivity (Wildman–Crippen MR) is 107 cm³/mol. The zero-order valence-corrected chi connectivity index (χ0v) is 15.6. The van der Waals surface area contributed by atoms with Crippen LogP contribution in [0.5, 0.6) is 0 Å². The maximum atomic E-state index is 13.2. The third kappa shape index (κ3) is 3.09. The largest absolute Gasteiger partial charge is 0.273 e. The van der Waals surface area contributed by atoms with E-state index in [1.165, 1.54) is 19.3 Å². The molecule has 0 saturated heterocycles. The van der Waals surface area contributed by atoms with E-state index in [-0.39, 0.29) is 11.3 Å². The van der Waals surface area contributed by atoms with E-state index < -0.39 is 0 Å². The first-order chi connectivity index (χ1) is 13.2. The maximum absolute atomic E-state index is 13.2. The van der Waals surface area contributed by atoms with Crippen molar-refractivity contribution in [2.45, 2.75) is 38.5 Å². The Morgan fingerprint density at radius 3 is 1.67 bits per heavy atom. The van der Waals surface area contributed by atoms with Crippen molar-refractivity contribution in [2.24, 2.45) is 28.3 Å². The van der Waals surface area contributed by atoms with Crippen molar-refractivity contribution in [1.29, 1.82) is 0 Å². The minimum absolute atomic E-state index is 0.144. The van der Waals surface area contributed by atoms with Crippen LogP contribution in [-0.4, -0.2) is 11.6 Å². The van der Waals surface area contributed by atoms with Gasteiger partial charge in [0.25, 0.3) is 0 Å². The highest BCUT2D eigenvalue weighted by atomic mass is 16.2. The monoisotopic (exact) mass is 358 g/mol. The second kappa shape index (κ2) is 6.63. The summed E-state index contributed by atoms with van der Waals surface area (Å²) in [6, 6.07) is 20.2. The van der Waals surface area contributed by atoms with Gasteiger partial charge in [0.05, 0.1) is 11.1 Å². The Morgan fingerprint density at radius 1 is 0.778 bits per heavy atom. The highest BCUT2D eigenvalue weighted by molar-refractivity contribution is 6.13. The Bertz CT molecular complexity index is 780. The summed E-state index contributed by atoms with van der Waals surface area (Å²) in [5.74, 6) is 2.42. The Morgan fingerprint density at radius 2 is 1.22 bits per heavy atom. The van der Waals surface area contributed by atoms with Gasteiger partial charge in [-0.25, -0.2) is 5.43 Å². The third-order valence-corrected chi connectivity index (χ3v) is 6.88. The molecule has 138 valence electrons. The van der Waals surface area contributed by atoms with Gasteiger partial charge in [0.15, 0.2) is 0 Å². The van der Waals surface area contributed by atoms with Crippen LogP contribution >= 0.6 is 0 Å². The zero-order chi connectivity index (χ0) is 18.3. The first kappa shape index (κ1) is 16.7. The first-order valence-electron chi connectivity index (χ1n) is 10.2. The Kier molecular flexibility index (Phi) is 4.11. The van der Waals surface area contributed by atoms with Gasteiger partial charge in [-0.1, -0.05) is 60.7 Å². The summed E-state index contributed by atoms with van der Waals surface area (Å²) in [6.07, 6.45) is 7.21. The lowest BCUT2D eigenvalue weighted by Crippen LogP contribution is -2.52. The van der Waals surface area contributed by atoms with Crippen molar-refractivity contribution >= 4 is 11.6 Å². The molecule has 1 N–H and O–H groups in total. The fourth-order valence-corrected chi connectivity index (χ4v) is 6.10. The topological polar surface area (TPSA) is 41.5 Å². The fraction of sp³-hybridized carbons (Fsp3) is 0.417. The number of hydrogen-bond donors (Lipinski definition) is 1. The molecule has 0 spiro atoms. The molecule has 0 radical (unpaired) electrons. The normalized spacial score (nSPS) is 30.7. The number of nitrogens with zero attached hydrogens (tertiary/aromatic N) is 1. The molecule has 2 aromatic rings. The quantitative estimate of drug-likeness (QED) is 0.621. The number of rotatable bonds is 4. The molecule has 0 atom stereocenters. The van der Waals surface area contributed by atoms with Gasteiger partial charge in [0, 0.05) is 11.1 Å². The highest BCUT2D eigenvalue weighted by Gasteiger charge is 2.54. The summed E-state index contributed by atoms with van der Waals surface area (Å²) in [5, 5.41) is 4.64. The van der Waals surface area contributed by atoms with E-state index in [4.69, 9.17) is 0 Å². The van der Waals surface area contributed by atoms with E-state index in [0.717, 1.165) is 53.9 Å². The molecule has 0 aliphatic heterocycles. The summed E-state index contributed by atoms with van der Waals surface area (Å²) < 4.78 is 0. The predicted octanol–water partition coefficient (Wildman–Crippen LogP) is 4.77. The summed E-state index contributed by atoms with van der Waals surface area (Å²) in [7, 11) is 0. The van der Waals surface area contributed by atoms with Gasteiger partial charge in [-0.15, -0.1) is 0 Å². The van der Waals surface area contributed by atoms with E-state index in [0.29, 0.717) is 0 Å². The molecular weight excluding hydrogens is 332 g/mol. The minimum atomic E-state index is -0.170. The second-order valence-electron chi connectivity index (χ2n) is 8.83. The van der Waals surface area contributed by atoms with Crippen LogP contribution in [-0.2, 0) is 4.79 Å². The fourth-order valence-electron chi connectivity index (χ4n) is 6.10. The average Bonchev–Trinajstić information content (AvgIpc) is 2.69. The lowest BCUT2D eigenvalue weighted by molar-refractivity contribution is -0.146. The molecule has 4 saturated carbocycles. The molecule has 27 heavy (non-hydrogen) atoms. The number of carbonyl (C=O) groups excluding carboxylic acids is 1. The molecule has 0 heterocycles. The number of hydrogen-bond acceptors (Lipinski definition) is 2. The van der Waals surface area contributed by atoms with Crippen molar-refractivity contribution in [2.75, 3.05) is 0 Å². The van der Waals surface area contributed by atoms with E-state index in [1.807, 2.05) is 60.7 Å². The van der Waals surface area contributed by atoms with Crippen molar-refractivity contribution < 1.29 is 4.79 Å². The van der Waals surface area contributed by atoms with Gasteiger partial charge >= 0.3 is 0 Å². The van der Waals surface area contributed by atoms with Crippen LogP contribution in [0.2, 0.25) is 0 Å². The van der Waals surface area contributed by atoms with Crippen LogP contribution in [0.1, 0.15) is 49.7 Å². The van der Waals surface area contributed by atoms with Gasteiger partial charge in [-0.3, -0.25) is 4.79 Å². The molecule has 4 aliphatic carbocycles. The number of hydrazone groups is 1. The molecule has 4 bridgehead atoms. The summed E-state index contributed by atoms with van der Waals surface area (Å²) in [6.45, 7) is 0. The van der Waals surface area contributed by atoms with Gasteiger partial charge in [0.1, 0.15) is 0 Å². The molecule has 4 fully saturated rings. The third-order valence-electron chi connectivity index (χ3n) is 6.88. The minimum Gasteiger partial charge on any atom is -0.273 e. The molecule has 6 rings (SSSR count). The molecule has 3 heteroatoms. The molecule has 2 aromatic carbocycles. The van der Waals surface area contributed by atoms with Gasteiger partial charge < -0.3 is 0 Å². The Hall–Kier alpha value is -2.42. The summed E-state index contributed by atoms with van der Waals surface area (Å²) >= 11 is 0. The smallest absolute Gasteiger partial charge is 0.246 e.